The lowest BCUT2D eigenvalue weighted by Crippen LogP contribution is -2.08. The van der Waals surface area contributed by atoms with Crippen molar-refractivity contribution >= 4 is 61.7 Å². The summed E-state index contributed by atoms with van der Waals surface area (Å²) in [6.07, 6.45) is 2.97. The first-order chi connectivity index (χ1) is 9.52. The highest BCUT2D eigenvalue weighted by Gasteiger charge is 2.07. The number of amides is 1. The molecule has 0 aliphatic rings. The number of nitrogens with one attached hydrogen (secondary N) is 1. The van der Waals surface area contributed by atoms with Crippen LogP contribution in [0.15, 0.2) is 27.4 Å². The highest BCUT2D eigenvalue weighted by atomic mass is 79.9. The Kier molecular flexibility index (Phi) is 5.05. The van der Waals surface area contributed by atoms with E-state index in [1.165, 1.54) is 28.7 Å². The summed E-state index contributed by atoms with van der Waals surface area (Å²) < 4.78 is 0.996. The summed E-state index contributed by atoms with van der Waals surface area (Å²) in [6.45, 7) is 0. The molecule has 0 aliphatic heterocycles. The minimum Gasteiger partial charge on any atom is -0.481 e. The number of carboxylic acids is 1. The van der Waals surface area contributed by atoms with E-state index in [4.69, 9.17) is 5.11 Å². The molecule has 2 aromatic heterocycles. The second-order valence-electron chi connectivity index (χ2n) is 3.68. The van der Waals surface area contributed by atoms with Crippen molar-refractivity contribution in [2.45, 2.75) is 6.42 Å². The molecule has 0 saturated carbocycles. The molecule has 1 amide bonds. The highest BCUT2D eigenvalue weighted by Crippen LogP contribution is 2.23. The molecule has 0 bridgehead atoms. The molecule has 20 heavy (non-hydrogen) atoms. The van der Waals surface area contributed by atoms with Crippen LogP contribution in [0.1, 0.15) is 10.6 Å². The second-order valence-corrected chi connectivity index (χ2v) is 7.03. The topological polar surface area (TPSA) is 79.3 Å². The largest absolute Gasteiger partial charge is 0.481 e. The lowest BCUT2D eigenvalue weighted by Gasteiger charge is -1.95. The van der Waals surface area contributed by atoms with Crippen molar-refractivity contribution < 1.29 is 14.7 Å². The molecule has 2 heterocycles. The van der Waals surface area contributed by atoms with E-state index in [-0.39, 0.29) is 12.3 Å². The molecule has 0 spiro atoms. The maximum absolute atomic E-state index is 11.7. The van der Waals surface area contributed by atoms with E-state index in [2.05, 4.69) is 26.2 Å². The Bertz CT molecular complexity index is 663. The first-order valence-corrected chi connectivity index (χ1v) is 7.92. The Morgan fingerprint density at radius 1 is 1.45 bits per heavy atom. The molecule has 2 aromatic rings. The number of hydrogen-bond acceptors (Lipinski definition) is 5. The summed E-state index contributed by atoms with van der Waals surface area (Å²) in [5.74, 6) is -1.25. The van der Waals surface area contributed by atoms with Crippen molar-refractivity contribution in [2.75, 3.05) is 5.32 Å². The van der Waals surface area contributed by atoms with Gasteiger partial charge >= 0.3 is 5.97 Å². The van der Waals surface area contributed by atoms with Crippen molar-refractivity contribution in [2.24, 2.45) is 0 Å². The standard InChI is InChI=1S/C12H9BrN2O3S2/c13-9-3-1-8(20-9)2-4-10(16)15-12-14-7(6-19-12)5-11(17)18/h1-4,6H,5H2,(H,17,18)(H,14,15,16)/b4-2+. The maximum Gasteiger partial charge on any atom is 0.309 e. The van der Waals surface area contributed by atoms with Gasteiger partial charge in [-0.1, -0.05) is 0 Å². The number of carbonyl (C=O) groups excluding carboxylic acids is 1. The van der Waals surface area contributed by atoms with Crippen molar-refractivity contribution in [1.82, 2.24) is 4.98 Å². The third kappa shape index (κ3) is 4.55. The van der Waals surface area contributed by atoms with Crippen molar-refractivity contribution in [3.63, 3.8) is 0 Å². The number of carboxylic acid groups (broad SMARTS) is 1. The van der Waals surface area contributed by atoms with Crippen LogP contribution in [0.2, 0.25) is 0 Å². The van der Waals surface area contributed by atoms with Crippen LogP contribution in [0.4, 0.5) is 5.13 Å². The number of anilines is 1. The molecule has 0 aliphatic carbocycles. The molecular formula is C12H9BrN2O3S2. The van der Waals surface area contributed by atoms with Crippen LogP contribution in [0.5, 0.6) is 0 Å². The summed E-state index contributed by atoms with van der Waals surface area (Å²) in [5, 5.41) is 13.2. The number of thiazole rings is 1. The third-order valence-corrected chi connectivity index (χ3v) is 4.50. The predicted octanol–water partition coefficient (Wildman–Crippen LogP) is 3.25. The number of hydrogen-bond donors (Lipinski definition) is 2. The summed E-state index contributed by atoms with van der Waals surface area (Å²) in [6, 6.07) is 3.80. The number of thiophene rings is 1. The molecule has 0 fully saturated rings. The quantitative estimate of drug-likeness (QED) is 0.789. The van der Waals surface area contributed by atoms with Gasteiger partial charge in [0, 0.05) is 16.3 Å². The van der Waals surface area contributed by atoms with Gasteiger partial charge in [0.25, 0.3) is 0 Å². The smallest absolute Gasteiger partial charge is 0.309 e. The minimum atomic E-state index is -0.948. The fourth-order valence-electron chi connectivity index (χ4n) is 1.32. The number of rotatable bonds is 5. The van der Waals surface area contributed by atoms with Crippen LogP contribution in [0.25, 0.3) is 6.08 Å². The van der Waals surface area contributed by atoms with Gasteiger partial charge in [-0.25, -0.2) is 4.98 Å². The molecule has 0 saturated heterocycles. The molecule has 0 radical (unpaired) electrons. The number of carbonyl (C=O) groups is 2. The van der Waals surface area contributed by atoms with Gasteiger partial charge < -0.3 is 5.11 Å². The van der Waals surface area contributed by atoms with Crippen molar-refractivity contribution in [3.8, 4) is 0 Å². The van der Waals surface area contributed by atoms with Crippen LogP contribution in [0, 0.1) is 0 Å². The average molecular weight is 373 g/mol. The Hall–Kier alpha value is -1.51. The van der Waals surface area contributed by atoms with Gasteiger partial charge in [0.1, 0.15) is 0 Å². The normalized spacial score (nSPS) is 10.8. The molecule has 5 nitrogen and oxygen atoms in total. The first kappa shape index (κ1) is 14.9. The zero-order valence-corrected chi connectivity index (χ0v) is 13.2. The van der Waals surface area contributed by atoms with Crippen LogP contribution >= 0.6 is 38.6 Å². The molecular weight excluding hydrogens is 364 g/mol. The number of nitrogens with zero attached hydrogens (tertiary/aromatic N) is 1. The van der Waals surface area contributed by atoms with E-state index >= 15 is 0 Å². The third-order valence-electron chi connectivity index (χ3n) is 2.11. The Labute approximate surface area is 131 Å². The van der Waals surface area contributed by atoms with Crippen LogP contribution in [0.3, 0.4) is 0 Å². The predicted molar refractivity (Wildman–Crippen MR) is 83.1 cm³/mol. The van der Waals surface area contributed by atoms with Gasteiger partial charge in [-0.2, -0.15) is 0 Å². The lowest BCUT2D eigenvalue weighted by molar-refractivity contribution is -0.136. The van der Waals surface area contributed by atoms with E-state index in [9.17, 15) is 9.59 Å². The zero-order valence-electron chi connectivity index (χ0n) is 10.00. The minimum absolute atomic E-state index is 0.147. The van der Waals surface area contributed by atoms with Gasteiger partial charge in [0.15, 0.2) is 5.13 Å². The van der Waals surface area contributed by atoms with Gasteiger partial charge in [-0.3, -0.25) is 14.9 Å². The van der Waals surface area contributed by atoms with E-state index in [1.807, 2.05) is 12.1 Å². The fraction of sp³-hybridized carbons (Fsp3) is 0.0833. The average Bonchev–Trinajstić information content (AvgIpc) is 2.95. The van der Waals surface area contributed by atoms with E-state index in [1.54, 1.807) is 11.5 Å². The number of halogens is 1. The molecule has 2 rings (SSSR count). The summed E-state index contributed by atoms with van der Waals surface area (Å²) in [4.78, 5) is 27.2. The fourth-order valence-corrected chi connectivity index (χ4v) is 3.36. The van der Waals surface area contributed by atoms with Crippen molar-refractivity contribution in [3.05, 3.63) is 37.9 Å². The van der Waals surface area contributed by atoms with Gasteiger partial charge in [0.05, 0.1) is 15.9 Å². The number of aliphatic carboxylic acids is 1. The Morgan fingerprint density at radius 2 is 2.25 bits per heavy atom. The maximum atomic E-state index is 11.7. The zero-order chi connectivity index (χ0) is 14.5. The molecule has 104 valence electrons. The second kappa shape index (κ2) is 6.78. The van der Waals surface area contributed by atoms with Crippen LogP contribution < -0.4 is 5.32 Å². The molecule has 0 unspecified atom stereocenters. The molecule has 0 aromatic carbocycles. The molecule has 2 N–H and O–H groups in total. The molecule has 8 heteroatoms. The summed E-state index contributed by atoms with van der Waals surface area (Å²) in [5.41, 5.74) is 0.434. The summed E-state index contributed by atoms with van der Waals surface area (Å²) >= 11 is 6.06. The van der Waals surface area contributed by atoms with E-state index in [0.29, 0.717) is 10.8 Å². The molecule has 0 atom stereocenters. The number of aromatic nitrogens is 1. The Morgan fingerprint density at radius 3 is 2.90 bits per heavy atom. The van der Waals surface area contributed by atoms with Gasteiger partial charge in [-0.05, 0) is 34.1 Å². The first-order valence-electron chi connectivity index (χ1n) is 5.43. The van der Waals surface area contributed by atoms with Gasteiger partial charge in [-0.15, -0.1) is 22.7 Å². The van der Waals surface area contributed by atoms with Crippen LogP contribution in [-0.4, -0.2) is 22.0 Å². The highest BCUT2D eigenvalue weighted by molar-refractivity contribution is 9.11. The Balaban J connectivity index is 1.92. The van der Waals surface area contributed by atoms with E-state index < -0.39 is 5.97 Å². The SMILES string of the molecule is O=C(O)Cc1csc(NC(=O)/C=C/c2ccc(Br)s2)n1. The lowest BCUT2D eigenvalue weighted by atomic mass is 10.3. The van der Waals surface area contributed by atoms with Crippen LogP contribution in [-0.2, 0) is 16.0 Å². The van der Waals surface area contributed by atoms with Crippen molar-refractivity contribution in [1.29, 1.82) is 0 Å². The monoisotopic (exact) mass is 372 g/mol. The van der Waals surface area contributed by atoms with Gasteiger partial charge in [0.2, 0.25) is 5.91 Å². The van der Waals surface area contributed by atoms with E-state index in [0.717, 1.165) is 8.66 Å². The summed E-state index contributed by atoms with van der Waals surface area (Å²) in [7, 11) is 0.